The molecule has 1 aliphatic rings. The van der Waals surface area contributed by atoms with Gasteiger partial charge >= 0.3 is 0 Å². The van der Waals surface area contributed by atoms with Gasteiger partial charge in [0, 0.05) is 17.0 Å². The maximum absolute atomic E-state index is 9.72. The Morgan fingerprint density at radius 3 is 2.46 bits per heavy atom. The number of aromatic nitrogens is 1. The Morgan fingerprint density at radius 1 is 0.946 bits per heavy atom. The van der Waals surface area contributed by atoms with E-state index in [0.717, 1.165) is 22.3 Å². The molecule has 3 heteroatoms. The van der Waals surface area contributed by atoms with Crippen LogP contribution in [-0.2, 0) is 13.5 Å². The highest BCUT2D eigenvalue weighted by molar-refractivity contribution is 6.16. The van der Waals surface area contributed by atoms with E-state index < -0.39 is 5.41 Å². The maximum atomic E-state index is 9.72. The summed E-state index contributed by atoms with van der Waals surface area (Å²) in [4.78, 5) is 0. The van der Waals surface area contributed by atoms with Gasteiger partial charge < -0.3 is 4.74 Å². The molecule has 37 heavy (non-hydrogen) atoms. The maximum Gasteiger partial charge on any atom is 0.228 e. The van der Waals surface area contributed by atoms with Gasteiger partial charge in [-0.2, -0.15) is 5.26 Å². The third-order valence-corrected chi connectivity index (χ3v) is 8.01. The summed E-state index contributed by atoms with van der Waals surface area (Å²) in [6, 6.07) is 20.2. The molecular formula is C34H33N2O+. The van der Waals surface area contributed by atoms with Gasteiger partial charge in [-0.1, -0.05) is 55.8 Å². The second-order valence-corrected chi connectivity index (χ2v) is 11.7. The van der Waals surface area contributed by atoms with Gasteiger partial charge in [0.05, 0.1) is 22.4 Å². The van der Waals surface area contributed by atoms with Crippen molar-refractivity contribution in [2.24, 2.45) is 12.5 Å². The average Bonchev–Trinajstić information content (AvgIpc) is 2.85. The number of fused-ring (bicyclic) bond motifs is 5. The molecule has 0 saturated carbocycles. The molecule has 0 bridgehead atoms. The van der Waals surface area contributed by atoms with Crippen LogP contribution in [0, 0.1) is 30.6 Å². The monoisotopic (exact) mass is 485 g/mol. The van der Waals surface area contributed by atoms with Crippen LogP contribution in [0.1, 0.15) is 55.9 Å². The molecular weight excluding hydrogens is 452 g/mol. The zero-order valence-corrected chi connectivity index (χ0v) is 22.8. The summed E-state index contributed by atoms with van der Waals surface area (Å²) in [6.07, 6.45) is 2.87. The SMILES string of the molecule is Cc1ccc2c(C(C)C)c3c(c(C)c2c1)-c1c2c(cc4c(CC(C)(C)C#N)cccc4c2cc[n+]1C)O3. The molecule has 0 saturated heterocycles. The number of nitriles is 1. The van der Waals surface area contributed by atoms with Crippen LogP contribution in [-0.4, -0.2) is 0 Å². The lowest BCUT2D eigenvalue weighted by atomic mass is 9.83. The Kier molecular flexibility index (Phi) is 5.11. The highest BCUT2D eigenvalue weighted by Gasteiger charge is 2.34. The number of ether oxygens (including phenoxy) is 1. The predicted octanol–water partition coefficient (Wildman–Crippen LogP) is 8.58. The van der Waals surface area contributed by atoms with Crippen LogP contribution >= 0.6 is 0 Å². The summed E-state index contributed by atoms with van der Waals surface area (Å²) in [5, 5.41) is 17.0. The Bertz CT molecular complexity index is 1820. The smallest absolute Gasteiger partial charge is 0.228 e. The topological polar surface area (TPSA) is 36.9 Å². The van der Waals surface area contributed by atoms with E-state index in [-0.39, 0.29) is 0 Å². The van der Waals surface area contributed by atoms with Gasteiger partial charge in [0.15, 0.2) is 6.20 Å². The summed E-state index contributed by atoms with van der Waals surface area (Å²) in [6.45, 7) is 12.9. The van der Waals surface area contributed by atoms with E-state index in [1.807, 2.05) is 13.8 Å². The molecule has 0 atom stereocenters. The molecule has 0 N–H and O–H groups in total. The zero-order chi connectivity index (χ0) is 26.2. The number of hydrogen-bond acceptors (Lipinski definition) is 2. The van der Waals surface area contributed by atoms with Crippen molar-refractivity contribution in [2.75, 3.05) is 0 Å². The van der Waals surface area contributed by atoms with Gasteiger partial charge in [0.2, 0.25) is 5.69 Å². The van der Waals surface area contributed by atoms with Crippen LogP contribution in [0.3, 0.4) is 0 Å². The molecule has 184 valence electrons. The largest absolute Gasteiger partial charge is 0.455 e. The number of nitrogens with zero attached hydrogens (tertiary/aromatic N) is 2. The average molecular weight is 486 g/mol. The van der Waals surface area contributed by atoms with E-state index >= 15 is 0 Å². The van der Waals surface area contributed by atoms with Crippen molar-refractivity contribution in [1.82, 2.24) is 0 Å². The molecule has 0 unspecified atom stereocenters. The van der Waals surface area contributed by atoms with Crippen LogP contribution in [0.15, 0.2) is 54.7 Å². The van der Waals surface area contributed by atoms with Crippen LogP contribution in [0.25, 0.3) is 43.6 Å². The normalized spacial score (nSPS) is 12.7. The summed E-state index contributed by atoms with van der Waals surface area (Å²) in [5.41, 5.74) is 6.93. The van der Waals surface area contributed by atoms with Gasteiger partial charge in [0.25, 0.3) is 0 Å². The highest BCUT2D eigenvalue weighted by Crippen LogP contribution is 2.53. The van der Waals surface area contributed by atoms with Crippen molar-refractivity contribution in [3.05, 3.63) is 77.0 Å². The van der Waals surface area contributed by atoms with E-state index in [9.17, 15) is 5.26 Å². The van der Waals surface area contributed by atoms with E-state index in [0.29, 0.717) is 12.3 Å². The molecule has 0 amide bonds. The van der Waals surface area contributed by atoms with Crippen molar-refractivity contribution < 1.29 is 9.30 Å². The van der Waals surface area contributed by atoms with E-state index in [1.165, 1.54) is 55.1 Å². The number of pyridine rings is 1. The zero-order valence-electron chi connectivity index (χ0n) is 22.8. The quantitative estimate of drug-likeness (QED) is 0.186. The fourth-order valence-corrected chi connectivity index (χ4v) is 6.23. The summed E-state index contributed by atoms with van der Waals surface area (Å²) in [5.74, 6) is 2.18. The third-order valence-electron chi connectivity index (χ3n) is 8.01. The molecule has 2 heterocycles. The second kappa shape index (κ2) is 8.05. The minimum atomic E-state index is -0.443. The summed E-state index contributed by atoms with van der Waals surface area (Å²) >= 11 is 0. The molecule has 0 spiro atoms. The first-order valence-electron chi connectivity index (χ1n) is 13.1. The van der Waals surface area contributed by atoms with Crippen molar-refractivity contribution in [3.63, 3.8) is 0 Å². The van der Waals surface area contributed by atoms with Gasteiger partial charge in [-0.3, -0.25) is 0 Å². The number of rotatable bonds is 3. The molecule has 0 aliphatic carbocycles. The fraction of sp³-hybridized carbons (Fsp3) is 0.294. The lowest BCUT2D eigenvalue weighted by Gasteiger charge is -2.27. The first-order valence-corrected chi connectivity index (χ1v) is 13.1. The van der Waals surface area contributed by atoms with Gasteiger partial charge in [-0.25, -0.2) is 4.57 Å². The van der Waals surface area contributed by atoms with Crippen molar-refractivity contribution in [2.45, 2.75) is 53.9 Å². The third kappa shape index (κ3) is 3.43. The lowest BCUT2D eigenvalue weighted by molar-refractivity contribution is -0.659. The van der Waals surface area contributed by atoms with Crippen LogP contribution in [0.2, 0.25) is 0 Å². The first-order chi connectivity index (χ1) is 17.6. The molecule has 0 radical (unpaired) electrons. The van der Waals surface area contributed by atoms with Crippen LogP contribution in [0.5, 0.6) is 11.5 Å². The fourth-order valence-electron chi connectivity index (χ4n) is 6.23. The lowest BCUT2D eigenvalue weighted by Crippen LogP contribution is -2.32. The van der Waals surface area contributed by atoms with Crippen molar-refractivity contribution >= 4 is 32.3 Å². The van der Waals surface area contributed by atoms with Gasteiger partial charge in [-0.05, 0) is 78.8 Å². The number of aryl methyl sites for hydroxylation is 3. The minimum Gasteiger partial charge on any atom is -0.455 e. The highest BCUT2D eigenvalue weighted by atomic mass is 16.5. The molecule has 1 aliphatic heterocycles. The van der Waals surface area contributed by atoms with Crippen molar-refractivity contribution in [1.29, 1.82) is 5.26 Å². The van der Waals surface area contributed by atoms with E-state index in [4.69, 9.17) is 4.74 Å². The Labute approximate surface area is 218 Å². The van der Waals surface area contributed by atoms with Crippen molar-refractivity contribution in [3.8, 4) is 28.8 Å². The van der Waals surface area contributed by atoms with E-state index in [2.05, 4.69) is 100 Å². The van der Waals surface area contributed by atoms with Crippen LogP contribution < -0.4 is 9.30 Å². The summed E-state index contributed by atoms with van der Waals surface area (Å²) < 4.78 is 9.21. The predicted molar refractivity (Wildman–Crippen MR) is 152 cm³/mol. The van der Waals surface area contributed by atoms with E-state index in [1.54, 1.807) is 0 Å². The summed E-state index contributed by atoms with van der Waals surface area (Å²) in [7, 11) is 2.14. The van der Waals surface area contributed by atoms with Gasteiger partial charge in [-0.15, -0.1) is 0 Å². The molecule has 1 aromatic heterocycles. The molecule has 3 nitrogen and oxygen atoms in total. The van der Waals surface area contributed by atoms with Gasteiger partial charge in [0.1, 0.15) is 18.5 Å². The minimum absolute atomic E-state index is 0.304. The molecule has 0 fully saturated rings. The second-order valence-electron chi connectivity index (χ2n) is 11.7. The Balaban J connectivity index is 1.77. The first kappa shape index (κ1) is 23.5. The van der Waals surface area contributed by atoms with Crippen LogP contribution in [0.4, 0.5) is 0 Å². The Hall–Kier alpha value is -3.90. The number of hydrogen-bond donors (Lipinski definition) is 0. The molecule has 4 aromatic carbocycles. The Morgan fingerprint density at radius 2 is 1.73 bits per heavy atom. The number of benzene rings is 4. The molecule has 6 rings (SSSR count). The molecule has 5 aromatic rings. The standard InChI is InChI=1S/C34H33N2O/c1-19(2)29-24-12-11-20(3)15-26(24)21(4)30-32-31-25(13-14-36(32)7)23-10-8-9-22(17-34(5,6)18-35)27(23)16-28(31)37-33(29)30/h8-16,19H,17H2,1-7H3/q+1.